The molecule has 192 valence electrons. The van der Waals surface area contributed by atoms with E-state index >= 15 is 0 Å². The van der Waals surface area contributed by atoms with Crippen molar-refractivity contribution in [3.8, 4) is 17.0 Å². The van der Waals surface area contributed by atoms with Gasteiger partial charge in [-0.2, -0.15) is 10.1 Å². The van der Waals surface area contributed by atoms with Crippen LogP contribution in [0.1, 0.15) is 32.1 Å². The quantitative estimate of drug-likeness (QED) is 0.352. The van der Waals surface area contributed by atoms with E-state index in [0.717, 1.165) is 66.6 Å². The maximum atomic E-state index is 5.51. The van der Waals surface area contributed by atoms with E-state index in [1.165, 1.54) is 37.8 Å². The molecule has 1 aliphatic heterocycles. The number of hydrogen-bond donors (Lipinski definition) is 1. The number of benzene rings is 2. The summed E-state index contributed by atoms with van der Waals surface area (Å²) in [5, 5.41) is 9.42. The Bertz CT molecular complexity index is 1340. The van der Waals surface area contributed by atoms with Crippen LogP contribution >= 0.6 is 0 Å². The second kappa shape index (κ2) is 10.8. The highest BCUT2D eigenvalue weighted by Gasteiger charge is 2.20. The van der Waals surface area contributed by atoms with Gasteiger partial charge in [-0.1, -0.05) is 37.5 Å². The van der Waals surface area contributed by atoms with Crippen LogP contribution < -0.4 is 15.0 Å². The van der Waals surface area contributed by atoms with E-state index in [2.05, 4.69) is 44.1 Å². The maximum Gasteiger partial charge on any atom is 0.229 e. The molecular formula is C29H34N6O2. The summed E-state index contributed by atoms with van der Waals surface area (Å²) in [5.74, 6) is 1.98. The monoisotopic (exact) mass is 498 g/mol. The molecule has 1 N–H and O–H groups in total. The molecule has 2 aromatic carbocycles. The zero-order valence-electron chi connectivity index (χ0n) is 21.4. The number of nitrogens with one attached hydrogen (secondary N) is 1. The minimum Gasteiger partial charge on any atom is -0.497 e. The lowest BCUT2D eigenvalue weighted by molar-refractivity contribution is 0.122. The van der Waals surface area contributed by atoms with Crippen molar-refractivity contribution in [2.45, 2.75) is 38.6 Å². The Hall–Kier alpha value is -3.65. The molecule has 0 unspecified atom stereocenters. The van der Waals surface area contributed by atoms with Crippen LogP contribution in [0.3, 0.4) is 0 Å². The number of methoxy groups -OCH3 is 1. The summed E-state index contributed by atoms with van der Waals surface area (Å²) in [6, 6.07) is 16.5. The molecule has 2 fully saturated rings. The summed E-state index contributed by atoms with van der Waals surface area (Å²) < 4.78 is 13.0. The van der Waals surface area contributed by atoms with Gasteiger partial charge in [-0.05, 0) is 43.0 Å². The minimum atomic E-state index is 0.555. The average molecular weight is 499 g/mol. The van der Waals surface area contributed by atoms with Gasteiger partial charge >= 0.3 is 0 Å². The Morgan fingerprint density at radius 2 is 1.84 bits per heavy atom. The van der Waals surface area contributed by atoms with Gasteiger partial charge < -0.3 is 19.7 Å². The topological polar surface area (TPSA) is 77.3 Å². The first-order chi connectivity index (χ1) is 18.3. The van der Waals surface area contributed by atoms with E-state index in [1.807, 2.05) is 30.5 Å². The highest BCUT2D eigenvalue weighted by molar-refractivity contribution is 5.91. The van der Waals surface area contributed by atoms with Gasteiger partial charge in [-0.25, -0.2) is 9.67 Å². The lowest BCUT2D eigenvalue weighted by atomic mass is 9.89. The molecule has 3 heterocycles. The molecule has 37 heavy (non-hydrogen) atoms. The summed E-state index contributed by atoms with van der Waals surface area (Å²) in [7, 11) is 1.67. The molecule has 0 bridgehead atoms. The van der Waals surface area contributed by atoms with E-state index in [0.29, 0.717) is 11.9 Å². The molecule has 1 saturated carbocycles. The van der Waals surface area contributed by atoms with Crippen molar-refractivity contribution in [3.63, 3.8) is 0 Å². The Labute approximate surface area is 217 Å². The van der Waals surface area contributed by atoms with Crippen LogP contribution in [0.5, 0.6) is 5.75 Å². The Morgan fingerprint density at radius 1 is 1.03 bits per heavy atom. The molecular weight excluding hydrogens is 464 g/mol. The van der Waals surface area contributed by atoms with E-state index in [9.17, 15) is 0 Å². The van der Waals surface area contributed by atoms with Crippen LogP contribution in [-0.2, 0) is 11.3 Å². The fourth-order valence-electron chi connectivity index (χ4n) is 5.46. The SMILES string of the molecule is COc1cccc(Nc2ncc3c(-c4ccc(N5CCOCC5)cc4)nn(CC4CCCCC4)c3n2)c1. The third kappa shape index (κ3) is 5.25. The van der Waals surface area contributed by atoms with Crippen molar-refractivity contribution in [1.82, 2.24) is 19.7 Å². The van der Waals surface area contributed by atoms with E-state index < -0.39 is 0 Å². The zero-order valence-corrected chi connectivity index (χ0v) is 21.4. The summed E-state index contributed by atoms with van der Waals surface area (Å²) in [6.45, 7) is 4.30. The van der Waals surface area contributed by atoms with Crippen molar-refractivity contribution >= 4 is 28.4 Å². The molecule has 8 heteroatoms. The van der Waals surface area contributed by atoms with Crippen molar-refractivity contribution in [1.29, 1.82) is 0 Å². The predicted octanol–water partition coefficient (Wildman–Crippen LogP) is 5.66. The largest absolute Gasteiger partial charge is 0.497 e. The van der Waals surface area contributed by atoms with Crippen molar-refractivity contribution in [2.75, 3.05) is 43.6 Å². The fraction of sp³-hybridized carbons (Fsp3) is 0.414. The van der Waals surface area contributed by atoms with Crippen LogP contribution in [-0.4, -0.2) is 53.2 Å². The van der Waals surface area contributed by atoms with Gasteiger partial charge in [0.15, 0.2) is 5.65 Å². The maximum absolute atomic E-state index is 5.51. The molecule has 4 aromatic rings. The van der Waals surface area contributed by atoms with Crippen LogP contribution in [0, 0.1) is 5.92 Å². The molecule has 1 saturated heterocycles. The standard InChI is InChI=1S/C29H34N6O2/c1-36-25-9-5-8-23(18-25)31-29-30-19-26-27(22-10-12-24(13-11-22)34-14-16-37-17-15-34)33-35(28(26)32-29)20-21-6-3-2-4-7-21/h5,8-13,18-19,21H,2-4,6-7,14-17,20H2,1H3,(H,30,31,32). The summed E-state index contributed by atoms with van der Waals surface area (Å²) in [6.07, 6.45) is 8.36. The highest BCUT2D eigenvalue weighted by atomic mass is 16.5. The molecule has 0 atom stereocenters. The fourth-order valence-corrected chi connectivity index (χ4v) is 5.46. The number of morpholine rings is 1. The molecule has 8 nitrogen and oxygen atoms in total. The zero-order chi connectivity index (χ0) is 25.0. The second-order valence-corrected chi connectivity index (χ2v) is 9.97. The van der Waals surface area contributed by atoms with Crippen molar-refractivity contribution in [3.05, 3.63) is 54.7 Å². The third-order valence-corrected chi connectivity index (χ3v) is 7.49. The van der Waals surface area contributed by atoms with Gasteiger partial charge in [0.05, 0.1) is 25.7 Å². The van der Waals surface area contributed by atoms with Gasteiger partial charge in [0.2, 0.25) is 5.95 Å². The molecule has 0 radical (unpaired) electrons. The van der Waals surface area contributed by atoms with Gasteiger partial charge in [-0.15, -0.1) is 0 Å². The first kappa shape index (κ1) is 23.7. The van der Waals surface area contributed by atoms with Crippen molar-refractivity contribution < 1.29 is 9.47 Å². The minimum absolute atomic E-state index is 0.555. The molecule has 2 aromatic heterocycles. The lowest BCUT2D eigenvalue weighted by Gasteiger charge is -2.28. The Kier molecular flexibility index (Phi) is 6.90. The second-order valence-electron chi connectivity index (χ2n) is 9.97. The first-order valence-corrected chi connectivity index (χ1v) is 13.3. The Morgan fingerprint density at radius 3 is 2.62 bits per heavy atom. The highest BCUT2D eigenvalue weighted by Crippen LogP contribution is 2.32. The molecule has 6 rings (SSSR count). The molecule has 0 spiro atoms. The first-order valence-electron chi connectivity index (χ1n) is 13.3. The van der Waals surface area contributed by atoms with Gasteiger partial charge in [0.1, 0.15) is 11.4 Å². The van der Waals surface area contributed by atoms with Crippen molar-refractivity contribution in [2.24, 2.45) is 5.92 Å². The number of rotatable bonds is 7. The van der Waals surface area contributed by atoms with Crippen LogP contribution in [0.15, 0.2) is 54.7 Å². The molecule has 2 aliphatic rings. The normalized spacial score (nSPS) is 16.7. The Balaban J connectivity index is 1.34. The van der Waals surface area contributed by atoms with Gasteiger partial charge in [0, 0.05) is 48.8 Å². The summed E-state index contributed by atoms with van der Waals surface area (Å²) >= 11 is 0. The van der Waals surface area contributed by atoms with Gasteiger partial charge in [-0.3, -0.25) is 0 Å². The van der Waals surface area contributed by atoms with Crippen LogP contribution in [0.25, 0.3) is 22.3 Å². The smallest absolute Gasteiger partial charge is 0.229 e. The van der Waals surface area contributed by atoms with Gasteiger partial charge in [0.25, 0.3) is 0 Å². The van der Waals surface area contributed by atoms with E-state index in [1.54, 1.807) is 7.11 Å². The summed E-state index contributed by atoms with van der Waals surface area (Å²) in [5.41, 5.74) is 5.00. The average Bonchev–Trinajstić information content (AvgIpc) is 3.31. The summed E-state index contributed by atoms with van der Waals surface area (Å²) in [4.78, 5) is 12.0. The van der Waals surface area contributed by atoms with E-state index in [-0.39, 0.29) is 0 Å². The number of anilines is 3. The number of aromatic nitrogens is 4. The molecule has 1 aliphatic carbocycles. The number of ether oxygens (including phenoxy) is 2. The van der Waals surface area contributed by atoms with E-state index in [4.69, 9.17) is 19.6 Å². The number of nitrogens with zero attached hydrogens (tertiary/aromatic N) is 5. The van der Waals surface area contributed by atoms with Crippen LogP contribution in [0.4, 0.5) is 17.3 Å². The van der Waals surface area contributed by atoms with Crippen LogP contribution in [0.2, 0.25) is 0 Å². The predicted molar refractivity (Wildman–Crippen MR) is 147 cm³/mol. The third-order valence-electron chi connectivity index (χ3n) is 7.49. The lowest BCUT2D eigenvalue weighted by Crippen LogP contribution is -2.36. The number of hydrogen-bond acceptors (Lipinski definition) is 7. The number of fused-ring (bicyclic) bond motifs is 1. The molecule has 0 amide bonds.